The van der Waals surface area contributed by atoms with Gasteiger partial charge in [0.2, 0.25) is 5.91 Å². The Morgan fingerprint density at radius 3 is 2.18 bits per heavy atom. The van der Waals surface area contributed by atoms with Crippen molar-refractivity contribution in [2.45, 2.75) is 40.2 Å². The minimum Gasteiger partial charge on any atom is -0.351 e. The van der Waals surface area contributed by atoms with Crippen LogP contribution in [-0.2, 0) is 4.79 Å². The average Bonchev–Trinajstić information content (AvgIpc) is 2.68. The van der Waals surface area contributed by atoms with Crippen LogP contribution in [-0.4, -0.2) is 62.5 Å². The molecule has 1 rings (SSSR count). The lowest BCUT2D eigenvalue weighted by Crippen LogP contribution is -2.41. The fourth-order valence-electron chi connectivity index (χ4n) is 1.61. The number of likely N-dealkylation sites (N-methyl/N-ethyl adjacent to an activating group) is 2. The monoisotopic (exact) mass is 245 g/mol. The second-order valence-electron chi connectivity index (χ2n) is 4.05. The topological polar surface area (TPSA) is 35.6 Å². The number of rotatable bonds is 3. The molecule has 1 atom stereocenters. The van der Waals surface area contributed by atoms with E-state index < -0.39 is 0 Å². The van der Waals surface area contributed by atoms with Gasteiger partial charge >= 0.3 is 0 Å². The maximum atomic E-state index is 11.3. The SMILES string of the molecule is CC.CC.CN(C)CC(=O)NC1CCN(C)C1. The highest BCUT2D eigenvalue weighted by Crippen LogP contribution is 2.05. The van der Waals surface area contributed by atoms with E-state index in [4.69, 9.17) is 0 Å². The van der Waals surface area contributed by atoms with Gasteiger partial charge in [0.15, 0.2) is 0 Å². The predicted octanol–water partition coefficient (Wildman–Crippen LogP) is 1.42. The van der Waals surface area contributed by atoms with Crippen LogP contribution in [0.25, 0.3) is 0 Å². The predicted molar refractivity (Wildman–Crippen MR) is 75.3 cm³/mol. The molecular weight excluding hydrogens is 214 g/mol. The number of amides is 1. The summed E-state index contributed by atoms with van der Waals surface area (Å²) < 4.78 is 0. The number of carbonyl (C=O) groups is 1. The molecule has 4 nitrogen and oxygen atoms in total. The number of nitrogens with zero attached hydrogens (tertiary/aromatic N) is 2. The molecule has 104 valence electrons. The van der Waals surface area contributed by atoms with E-state index in [1.807, 2.05) is 46.7 Å². The summed E-state index contributed by atoms with van der Waals surface area (Å²) in [5.41, 5.74) is 0. The lowest BCUT2D eigenvalue weighted by atomic mass is 10.2. The van der Waals surface area contributed by atoms with Crippen LogP contribution in [0, 0.1) is 0 Å². The van der Waals surface area contributed by atoms with Gasteiger partial charge < -0.3 is 15.1 Å². The Labute approximate surface area is 107 Å². The van der Waals surface area contributed by atoms with Gasteiger partial charge in [-0.1, -0.05) is 27.7 Å². The summed E-state index contributed by atoms with van der Waals surface area (Å²) in [6, 6.07) is 0.359. The first kappa shape index (κ1) is 18.7. The molecule has 1 aliphatic heterocycles. The summed E-state index contributed by atoms with van der Waals surface area (Å²) in [5, 5.41) is 3.02. The van der Waals surface area contributed by atoms with Gasteiger partial charge in [0, 0.05) is 12.6 Å². The normalized spacial score (nSPS) is 18.9. The van der Waals surface area contributed by atoms with E-state index in [-0.39, 0.29) is 5.91 Å². The van der Waals surface area contributed by atoms with Gasteiger partial charge in [0.25, 0.3) is 0 Å². The van der Waals surface area contributed by atoms with Crippen molar-refractivity contribution in [3.8, 4) is 0 Å². The maximum Gasteiger partial charge on any atom is 0.234 e. The Morgan fingerprint density at radius 1 is 1.29 bits per heavy atom. The van der Waals surface area contributed by atoms with Crippen LogP contribution < -0.4 is 5.32 Å². The molecule has 0 aliphatic carbocycles. The summed E-state index contributed by atoms with van der Waals surface area (Å²) in [6.45, 7) is 10.6. The quantitative estimate of drug-likeness (QED) is 0.817. The lowest BCUT2D eigenvalue weighted by Gasteiger charge is -2.15. The zero-order chi connectivity index (χ0) is 13.8. The van der Waals surface area contributed by atoms with E-state index >= 15 is 0 Å². The molecule has 1 aliphatic rings. The van der Waals surface area contributed by atoms with Crippen LogP contribution in [0.15, 0.2) is 0 Å². The Balaban J connectivity index is 0. The van der Waals surface area contributed by atoms with Gasteiger partial charge in [0.1, 0.15) is 0 Å². The largest absolute Gasteiger partial charge is 0.351 e. The number of likely N-dealkylation sites (tertiary alicyclic amines) is 1. The minimum atomic E-state index is 0.130. The summed E-state index contributed by atoms with van der Waals surface area (Å²) in [6.07, 6.45) is 1.08. The van der Waals surface area contributed by atoms with Gasteiger partial charge in [-0.05, 0) is 34.1 Å². The molecule has 0 bridgehead atoms. The highest BCUT2D eigenvalue weighted by Gasteiger charge is 2.20. The maximum absolute atomic E-state index is 11.3. The van der Waals surface area contributed by atoms with Crippen molar-refractivity contribution in [2.24, 2.45) is 0 Å². The van der Waals surface area contributed by atoms with Crippen LogP contribution in [0.3, 0.4) is 0 Å². The smallest absolute Gasteiger partial charge is 0.234 e. The fraction of sp³-hybridized carbons (Fsp3) is 0.923. The molecule has 0 radical (unpaired) electrons. The molecule has 1 N–H and O–H groups in total. The number of carbonyl (C=O) groups excluding carboxylic acids is 1. The third-order valence-electron chi connectivity index (χ3n) is 2.22. The molecule has 0 spiro atoms. The van der Waals surface area contributed by atoms with E-state index in [2.05, 4.69) is 17.3 Å². The van der Waals surface area contributed by atoms with Crippen molar-refractivity contribution in [2.75, 3.05) is 40.8 Å². The van der Waals surface area contributed by atoms with Crippen LogP contribution in [0.4, 0.5) is 0 Å². The molecule has 1 heterocycles. The van der Waals surface area contributed by atoms with E-state index in [9.17, 15) is 4.79 Å². The highest BCUT2D eigenvalue weighted by molar-refractivity contribution is 5.78. The van der Waals surface area contributed by atoms with Gasteiger partial charge in [-0.15, -0.1) is 0 Å². The van der Waals surface area contributed by atoms with E-state index in [1.54, 1.807) is 0 Å². The second kappa shape index (κ2) is 11.9. The van der Waals surface area contributed by atoms with Crippen molar-refractivity contribution in [1.82, 2.24) is 15.1 Å². The van der Waals surface area contributed by atoms with Crippen molar-refractivity contribution in [3.63, 3.8) is 0 Å². The zero-order valence-electron chi connectivity index (χ0n) is 12.7. The summed E-state index contributed by atoms with van der Waals surface area (Å²) >= 11 is 0. The highest BCUT2D eigenvalue weighted by atomic mass is 16.2. The minimum absolute atomic E-state index is 0.130. The van der Waals surface area contributed by atoms with E-state index in [0.29, 0.717) is 12.6 Å². The summed E-state index contributed by atoms with van der Waals surface area (Å²) in [5.74, 6) is 0.130. The molecule has 0 aromatic heterocycles. The summed E-state index contributed by atoms with van der Waals surface area (Å²) in [4.78, 5) is 15.5. The lowest BCUT2D eigenvalue weighted by molar-refractivity contribution is -0.122. The molecule has 1 saturated heterocycles. The molecule has 1 amide bonds. The Morgan fingerprint density at radius 2 is 1.82 bits per heavy atom. The van der Waals surface area contributed by atoms with Crippen LogP contribution >= 0.6 is 0 Å². The molecular formula is C13H31N3O. The fourth-order valence-corrected chi connectivity index (χ4v) is 1.61. The van der Waals surface area contributed by atoms with Crippen molar-refractivity contribution < 1.29 is 4.79 Å². The Bertz CT molecular complexity index is 184. The molecule has 4 heteroatoms. The van der Waals surface area contributed by atoms with Crippen LogP contribution in [0.5, 0.6) is 0 Å². The van der Waals surface area contributed by atoms with E-state index in [0.717, 1.165) is 19.5 Å². The van der Waals surface area contributed by atoms with Crippen molar-refractivity contribution >= 4 is 5.91 Å². The standard InChI is InChI=1S/C9H19N3O.2C2H6/c1-11(2)7-9(13)10-8-4-5-12(3)6-8;2*1-2/h8H,4-7H2,1-3H3,(H,10,13);2*1-2H3. The van der Waals surface area contributed by atoms with Crippen LogP contribution in [0.2, 0.25) is 0 Å². The molecule has 1 unspecified atom stereocenters. The molecule has 0 aromatic carbocycles. The van der Waals surface area contributed by atoms with E-state index in [1.165, 1.54) is 0 Å². The zero-order valence-corrected chi connectivity index (χ0v) is 12.7. The molecule has 0 aromatic rings. The third kappa shape index (κ3) is 10.3. The average molecular weight is 245 g/mol. The Hall–Kier alpha value is -0.610. The molecule has 1 fully saturated rings. The van der Waals surface area contributed by atoms with Gasteiger partial charge in [-0.3, -0.25) is 4.79 Å². The summed E-state index contributed by atoms with van der Waals surface area (Å²) in [7, 11) is 5.89. The van der Waals surface area contributed by atoms with Crippen LogP contribution in [0.1, 0.15) is 34.1 Å². The first-order valence-electron chi connectivity index (χ1n) is 6.70. The number of hydrogen-bond donors (Lipinski definition) is 1. The Kier molecular flexibility index (Phi) is 13.1. The van der Waals surface area contributed by atoms with Gasteiger partial charge in [-0.25, -0.2) is 0 Å². The van der Waals surface area contributed by atoms with Crippen molar-refractivity contribution in [3.05, 3.63) is 0 Å². The molecule has 17 heavy (non-hydrogen) atoms. The van der Waals surface area contributed by atoms with Gasteiger partial charge in [-0.2, -0.15) is 0 Å². The second-order valence-corrected chi connectivity index (χ2v) is 4.05. The first-order valence-corrected chi connectivity index (χ1v) is 6.70. The number of nitrogens with one attached hydrogen (secondary N) is 1. The molecule has 0 saturated carbocycles. The third-order valence-corrected chi connectivity index (χ3v) is 2.22. The van der Waals surface area contributed by atoms with Crippen molar-refractivity contribution in [1.29, 1.82) is 0 Å². The van der Waals surface area contributed by atoms with Gasteiger partial charge in [0.05, 0.1) is 6.54 Å². The first-order chi connectivity index (χ1) is 8.08. The number of hydrogen-bond acceptors (Lipinski definition) is 3.